The van der Waals surface area contributed by atoms with Crippen molar-refractivity contribution < 1.29 is 14.0 Å². The van der Waals surface area contributed by atoms with Crippen LogP contribution in [0.4, 0.5) is 5.88 Å². The van der Waals surface area contributed by atoms with Gasteiger partial charge in [-0.3, -0.25) is 9.59 Å². The molecule has 5 nitrogen and oxygen atoms in total. The van der Waals surface area contributed by atoms with E-state index in [2.05, 4.69) is 5.32 Å². The Hall–Kier alpha value is -1.78. The highest BCUT2D eigenvalue weighted by Crippen LogP contribution is 2.22. The molecular formula is C10H12N2O3. The van der Waals surface area contributed by atoms with Crippen molar-refractivity contribution in [2.45, 2.75) is 13.0 Å². The molecule has 0 unspecified atom stereocenters. The summed E-state index contributed by atoms with van der Waals surface area (Å²) < 4.78 is 5.24. The molecule has 80 valence electrons. The van der Waals surface area contributed by atoms with Crippen LogP contribution in [0.25, 0.3) is 0 Å². The van der Waals surface area contributed by atoms with Gasteiger partial charge in [-0.05, 0) is 6.07 Å². The molecule has 15 heavy (non-hydrogen) atoms. The smallest absolute Gasteiger partial charge is 0.217 e. The number of carbonyl (C=O) groups excluding carboxylic acids is 2. The molecule has 0 atom stereocenters. The van der Waals surface area contributed by atoms with Crippen molar-refractivity contribution in [2.75, 3.05) is 18.0 Å². The normalized spacial score (nSPS) is 15.9. The van der Waals surface area contributed by atoms with Crippen LogP contribution in [0.2, 0.25) is 0 Å². The molecule has 1 amide bonds. The van der Waals surface area contributed by atoms with Crippen LogP contribution < -0.4 is 10.2 Å². The summed E-state index contributed by atoms with van der Waals surface area (Å²) in [5.74, 6) is 0.986. The van der Waals surface area contributed by atoms with Crippen molar-refractivity contribution in [3.63, 3.8) is 0 Å². The van der Waals surface area contributed by atoms with Gasteiger partial charge in [0.05, 0.1) is 6.04 Å². The fourth-order valence-corrected chi connectivity index (χ4v) is 1.61. The molecular weight excluding hydrogens is 196 g/mol. The number of nitrogens with zero attached hydrogens (tertiary/aromatic N) is 1. The van der Waals surface area contributed by atoms with Gasteiger partial charge in [0.25, 0.3) is 0 Å². The summed E-state index contributed by atoms with van der Waals surface area (Å²) in [4.78, 5) is 23.1. The number of amides is 1. The second kappa shape index (κ2) is 3.76. The monoisotopic (exact) mass is 208 g/mol. The van der Waals surface area contributed by atoms with Crippen LogP contribution in [-0.2, 0) is 4.79 Å². The van der Waals surface area contributed by atoms with Crippen LogP contribution in [0.5, 0.6) is 0 Å². The maximum absolute atomic E-state index is 10.7. The third-order valence-corrected chi connectivity index (χ3v) is 2.33. The molecule has 0 radical (unpaired) electrons. The van der Waals surface area contributed by atoms with Gasteiger partial charge in [0.2, 0.25) is 5.91 Å². The van der Waals surface area contributed by atoms with Gasteiger partial charge in [0.15, 0.2) is 17.9 Å². The van der Waals surface area contributed by atoms with E-state index in [4.69, 9.17) is 4.42 Å². The highest BCUT2D eigenvalue weighted by atomic mass is 16.4. The van der Waals surface area contributed by atoms with Gasteiger partial charge in [-0.25, -0.2) is 0 Å². The van der Waals surface area contributed by atoms with Gasteiger partial charge in [0.1, 0.15) is 0 Å². The Bertz CT molecular complexity index is 380. The number of nitrogens with one attached hydrogen (secondary N) is 1. The van der Waals surface area contributed by atoms with E-state index in [0.717, 1.165) is 13.1 Å². The number of hydrogen-bond donors (Lipinski definition) is 1. The lowest BCUT2D eigenvalue weighted by Crippen LogP contribution is -2.59. The Morgan fingerprint density at radius 1 is 1.60 bits per heavy atom. The Morgan fingerprint density at radius 3 is 2.87 bits per heavy atom. The minimum atomic E-state index is -0.0207. The molecule has 1 aromatic rings. The lowest BCUT2D eigenvalue weighted by Gasteiger charge is -2.39. The molecule has 0 bridgehead atoms. The average Bonchev–Trinajstić information content (AvgIpc) is 2.58. The number of hydrogen-bond acceptors (Lipinski definition) is 4. The number of rotatable bonds is 3. The van der Waals surface area contributed by atoms with E-state index in [1.54, 1.807) is 12.1 Å². The lowest BCUT2D eigenvalue weighted by molar-refractivity contribution is -0.119. The first-order chi connectivity index (χ1) is 7.19. The van der Waals surface area contributed by atoms with Gasteiger partial charge < -0.3 is 14.6 Å². The molecule has 1 N–H and O–H groups in total. The largest absolute Gasteiger partial charge is 0.438 e. The first-order valence-electron chi connectivity index (χ1n) is 4.76. The van der Waals surface area contributed by atoms with E-state index in [1.165, 1.54) is 6.92 Å². The summed E-state index contributed by atoms with van der Waals surface area (Å²) in [5, 5.41) is 2.81. The first kappa shape index (κ1) is 9.76. The van der Waals surface area contributed by atoms with Gasteiger partial charge in [-0.2, -0.15) is 0 Å². The molecule has 1 aliphatic heterocycles. The molecule has 1 fully saturated rings. The van der Waals surface area contributed by atoms with E-state index in [1.807, 2.05) is 4.90 Å². The Balaban J connectivity index is 1.88. The summed E-state index contributed by atoms with van der Waals surface area (Å²) in [5.41, 5.74) is 0. The fourth-order valence-electron chi connectivity index (χ4n) is 1.61. The van der Waals surface area contributed by atoms with Crippen molar-refractivity contribution in [3.8, 4) is 0 Å². The quantitative estimate of drug-likeness (QED) is 0.731. The van der Waals surface area contributed by atoms with Crippen molar-refractivity contribution >= 4 is 18.1 Å². The summed E-state index contributed by atoms with van der Waals surface area (Å²) in [6, 6.07) is 3.58. The van der Waals surface area contributed by atoms with Gasteiger partial charge in [-0.15, -0.1) is 0 Å². The number of aldehydes is 1. The Labute approximate surface area is 87.0 Å². The highest BCUT2D eigenvalue weighted by molar-refractivity contribution is 5.74. The average molecular weight is 208 g/mol. The Kier molecular flexibility index (Phi) is 2.45. The predicted molar refractivity (Wildman–Crippen MR) is 53.9 cm³/mol. The SMILES string of the molecule is CC(=O)NC1CN(c2ccc(C=O)o2)C1. The third-order valence-electron chi connectivity index (χ3n) is 2.33. The van der Waals surface area contributed by atoms with E-state index < -0.39 is 0 Å². The van der Waals surface area contributed by atoms with Crippen LogP contribution in [-0.4, -0.2) is 31.3 Å². The molecule has 1 aliphatic rings. The minimum absolute atomic E-state index is 0.0207. The van der Waals surface area contributed by atoms with Crippen molar-refractivity contribution in [3.05, 3.63) is 17.9 Å². The van der Waals surface area contributed by atoms with Gasteiger partial charge in [-0.1, -0.05) is 0 Å². The summed E-state index contributed by atoms with van der Waals surface area (Å²) in [6.45, 7) is 2.96. The number of furan rings is 1. The highest BCUT2D eigenvalue weighted by Gasteiger charge is 2.29. The Morgan fingerprint density at radius 2 is 2.33 bits per heavy atom. The van der Waals surface area contributed by atoms with E-state index in [9.17, 15) is 9.59 Å². The van der Waals surface area contributed by atoms with Crippen molar-refractivity contribution in [1.82, 2.24) is 5.32 Å². The van der Waals surface area contributed by atoms with Crippen molar-refractivity contribution in [2.24, 2.45) is 0 Å². The summed E-state index contributed by atoms with van der Waals surface area (Å²) in [7, 11) is 0. The topological polar surface area (TPSA) is 62.6 Å². The standard InChI is InChI=1S/C10H12N2O3/c1-7(14)11-8-4-12(5-8)10-3-2-9(6-13)15-10/h2-3,6,8H,4-5H2,1H3,(H,11,14). The molecule has 0 aromatic carbocycles. The summed E-state index contributed by atoms with van der Waals surface area (Å²) in [6.07, 6.45) is 0.675. The zero-order chi connectivity index (χ0) is 10.8. The fraction of sp³-hybridized carbons (Fsp3) is 0.400. The zero-order valence-corrected chi connectivity index (χ0v) is 8.40. The van der Waals surface area contributed by atoms with Crippen LogP contribution in [0.1, 0.15) is 17.5 Å². The third kappa shape index (κ3) is 2.01. The van der Waals surface area contributed by atoms with Gasteiger partial charge >= 0.3 is 0 Å². The first-order valence-corrected chi connectivity index (χ1v) is 4.76. The van der Waals surface area contributed by atoms with Gasteiger partial charge in [0, 0.05) is 26.1 Å². The van der Waals surface area contributed by atoms with E-state index >= 15 is 0 Å². The predicted octanol–water partition coefficient (Wildman–Crippen LogP) is 0.417. The van der Waals surface area contributed by atoms with Crippen LogP contribution >= 0.6 is 0 Å². The zero-order valence-electron chi connectivity index (χ0n) is 8.40. The van der Waals surface area contributed by atoms with Crippen LogP contribution in [0.15, 0.2) is 16.5 Å². The molecule has 0 spiro atoms. The second-order valence-electron chi connectivity index (χ2n) is 3.60. The molecule has 0 aliphatic carbocycles. The molecule has 1 aromatic heterocycles. The lowest BCUT2D eigenvalue weighted by atomic mass is 10.1. The number of carbonyl (C=O) groups is 2. The summed E-state index contributed by atoms with van der Waals surface area (Å²) >= 11 is 0. The number of anilines is 1. The molecule has 2 rings (SSSR count). The van der Waals surface area contributed by atoms with Crippen LogP contribution in [0.3, 0.4) is 0 Å². The van der Waals surface area contributed by atoms with Crippen molar-refractivity contribution in [1.29, 1.82) is 0 Å². The van der Waals surface area contributed by atoms with E-state index in [0.29, 0.717) is 17.9 Å². The van der Waals surface area contributed by atoms with Crippen LogP contribution in [0, 0.1) is 0 Å². The minimum Gasteiger partial charge on any atom is -0.438 e. The molecule has 5 heteroatoms. The van der Waals surface area contributed by atoms with E-state index in [-0.39, 0.29) is 11.9 Å². The molecule has 1 saturated heterocycles. The maximum atomic E-state index is 10.7. The maximum Gasteiger partial charge on any atom is 0.217 e. The molecule has 0 saturated carbocycles. The second-order valence-corrected chi connectivity index (χ2v) is 3.60. The molecule has 2 heterocycles.